The lowest BCUT2D eigenvalue weighted by Gasteiger charge is -2.31. The van der Waals surface area contributed by atoms with Crippen molar-refractivity contribution in [3.63, 3.8) is 0 Å². The molecule has 1 N–H and O–H groups in total. The highest BCUT2D eigenvalue weighted by Gasteiger charge is 2.27. The molecule has 1 aromatic heterocycles. The first-order valence-corrected chi connectivity index (χ1v) is 7.68. The average Bonchev–Trinajstić information content (AvgIpc) is 3.08. The van der Waals surface area contributed by atoms with Crippen molar-refractivity contribution in [2.45, 2.75) is 18.9 Å². The van der Waals surface area contributed by atoms with Gasteiger partial charge >= 0.3 is 5.97 Å². The van der Waals surface area contributed by atoms with E-state index in [1.165, 1.54) is 23.1 Å². The molecule has 0 aliphatic carbocycles. The van der Waals surface area contributed by atoms with Gasteiger partial charge in [-0.3, -0.25) is 4.79 Å². The Labute approximate surface area is 141 Å². The van der Waals surface area contributed by atoms with Gasteiger partial charge in [-0.15, -0.1) is 0 Å². The molecule has 8 heteroatoms. The Balaban J connectivity index is 1.57. The van der Waals surface area contributed by atoms with Crippen LogP contribution in [-0.4, -0.2) is 41.1 Å². The molecule has 1 amide bonds. The van der Waals surface area contributed by atoms with Crippen molar-refractivity contribution in [1.29, 1.82) is 0 Å². The van der Waals surface area contributed by atoms with Crippen LogP contribution in [0.5, 0.6) is 5.75 Å². The van der Waals surface area contributed by atoms with Crippen molar-refractivity contribution in [2.24, 2.45) is 0 Å². The van der Waals surface area contributed by atoms with Gasteiger partial charge in [0.1, 0.15) is 11.9 Å². The molecule has 2 heterocycles. The number of likely N-dealkylation sites (tertiary alicyclic amines) is 1. The van der Waals surface area contributed by atoms with Crippen LogP contribution in [0.15, 0.2) is 34.7 Å². The third kappa shape index (κ3) is 3.78. The Morgan fingerprint density at radius 3 is 2.40 bits per heavy atom. The summed E-state index contributed by atoms with van der Waals surface area (Å²) in [6.07, 6.45) is 0.639. The number of rotatable bonds is 4. The molecule has 1 aliphatic rings. The molecule has 0 bridgehead atoms. The molecule has 132 valence electrons. The maximum absolute atomic E-state index is 13.6. The topological polar surface area (TPSA) is 80.0 Å². The summed E-state index contributed by atoms with van der Waals surface area (Å²) in [5.41, 5.74) is 0. The van der Waals surface area contributed by atoms with Gasteiger partial charge in [-0.1, -0.05) is 0 Å². The number of carboxylic acids is 1. The van der Waals surface area contributed by atoms with E-state index in [4.69, 9.17) is 14.3 Å². The normalized spacial score (nSPS) is 15.2. The van der Waals surface area contributed by atoms with Gasteiger partial charge in [0.15, 0.2) is 17.3 Å². The predicted molar refractivity (Wildman–Crippen MR) is 81.6 cm³/mol. The number of carboxylic acid groups (broad SMARTS) is 1. The van der Waals surface area contributed by atoms with Crippen LogP contribution in [0.1, 0.15) is 34.0 Å². The highest BCUT2D eigenvalue weighted by atomic mass is 19.1. The van der Waals surface area contributed by atoms with Crippen LogP contribution >= 0.6 is 0 Å². The Hall–Kier alpha value is -2.90. The number of carbonyl (C=O) groups is 2. The van der Waals surface area contributed by atoms with E-state index in [9.17, 15) is 18.4 Å². The summed E-state index contributed by atoms with van der Waals surface area (Å²) in [6.45, 7) is 0.713. The molecule has 2 aromatic rings. The summed E-state index contributed by atoms with van der Waals surface area (Å²) in [5, 5.41) is 8.82. The summed E-state index contributed by atoms with van der Waals surface area (Å²) in [6, 6.07) is 5.66. The lowest BCUT2D eigenvalue weighted by atomic mass is 10.1. The van der Waals surface area contributed by atoms with Gasteiger partial charge in [0.25, 0.3) is 5.91 Å². The quantitative estimate of drug-likeness (QED) is 0.916. The van der Waals surface area contributed by atoms with Crippen molar-refractivity contribution in [3.8, 4) is 5.75 Å². The first-order chi connectivity index (χ1) is 11.9. The molecule has 1 aromatic carbocycles. The number of hydrogen-bond donors (Lipinski definition) is 1. The molecule has 3 rings (SSSR count). The fraction of sp³-hybridized carbons (Fsp3) is 0.294. The summed E-state index contributed by atoms with van der Waals surface area (Å²) >= 11 is 0. The molecule has 25 heavy (non-hydrogen) atoms. The highest BCUT2D eigenvalue weighted by Crippen LogP contribution is 2.23. The van der Waals surface area contributed by atoms with Gasteiger partial charge in [-0.25, -0.2) is 13.6 Å². The number of nitrogens with zero attached hydrogens (tertiary/aromatic N) is 1. The smallest absolute Gasteiger partial charge is 0.371 e. The van der Waals surface area contributed by atoms with E-state index in [-0.39, 0.29) is 23.4 Å². The molecule has 1 saturated heterocycles. The third-order valence-electron chi connectivity index (χ3n) is 3.94. The summed E-state index contributed by atoms with van der Waals surface area (Å²) in [5.74, 6) is -3.45. The number of carbonyl (C=O) groups excluding carboxylic acids is 1. The number of ether oxygens (including phenoxy) is 1. The van der Waals surface area contributed by atoms with Crippen LogP contribution in [0, 0.1) is 11.6 Å². The van der Waals surface area contributed by atoms with Crippen LogP contribution in [-0.2, 0) is 0 Å². The van der Waals surface area contributed by atoms with Gasteiger partial charge < -0.3 is 19.2 Å². The SMILES string of the molecule is O=C(O)c1ccc(C(=O)N2CCC(Oc3ccc(F)cc3F)CC2)o1. The molecule has 1 aliphatic heterocycles. The minimum atomic E-state index is -1.24. The first-order valence-electron chi connectivity index (χ1n) is 7.68. The van der Waals surface area contributed by atoms with Gasteiger partial charge in [0.05, 0.1) is 0 Å². The standard InChI is InChI=1S/C17H15F2NO5/c18-10-1-2-13(12(19)9-10)24-11-5-7-20(8-6-11)16(21)14-3-4-15(25-14)17(22)23/h1-4,9,11H,5-8H2,(H,22,23). The molecule has 1 fully saturated rings. The van der Waals surface area contributed by atoms with E-state index in [0.717, 1.165) is 12.1 Å². The third-order valence-corrected chi connectivity index (χ3v) is 3.94. The zero-order valence-corrected chi connectivity index (χ0v) is 13.1. The first kappa shape index (κ1) is 16.9. The lowest BCUT2D eigenvalue weighted by Crippen LogP contribution is -2.41. The Morgan fingerprint density at radius 1 is 1.12 bits per heavy atom. The molecule has 0 radical (unpaired) electrons. The van der Waals surface area contributed by atoms with E-state index in [2.05, 4.69) is 0 Å². The van der Waals surface area contributed by atoms with E-state index >= 15 is 0 Å². The molecular weight excluding hydrogens is 336 g/mol. The largest absolute Gasteiger partial charge is 0.487 e. The van der Waals surface area contributed by atoms with Gasteiger partial charge in [0, 0.05) is 32.0 Å². The Bertz CT molecular complexity index is 796. The van der Waals surface area contributed by atoms with E-state index in [0.29, 0.717) is 25.9 Å². The number of furan rings is 1. The Kier molecular flexibility index (Phi) is 4.69. The molecular formula is C17H15F2NO5. The van der Waals surface area contributed by atoms with Gasteiger partial charge in [-0.2, -0.15) is 0 Å². The van der Waals surface area contributed by atoms with Crippen LogP contribution in [0.4, 0.5) is 8.78 Å². The fourth-order valence-electron chi connectivity index (χ4n) is 2.65. The summed E-state index contributed by atoms with van der Waals surface area (Å²) in [7, 11) is 0. The van der Waals surface area contributed by atoms with Crippen LogP contribution < -0.4 is 4.74 Å². The number of hydrogen-bond acceptors (Lipinski definition) is 4. The van der Waals surface area contributed by atoms with Gasteiger partial charge in [-0.05, 0) is 24.3 Å². The van der Waals surface area contributed by atoms with Crippen LogP contribution in [0.25, 0.3) is 0 Å². The average molecular weight is 351 g/mol. The fourth-order valence-corrected chi connectivity index (χ4v) is 2.65. The van der Waals surface area contributed by atoms with Crippen LogP contribution in [0.2, 0.25) is 0 Å². The number of aromatic carboxylic acids is 1. The minimum Gasteiger partial charge on any atom is -0.487 e. The second-order valence-corrected chi connectivity index (χ2v) is 5.65. The molecule has 0 spiro atoms. The zero-order chi connectivity index (χ0) is 18.0. The number of amides is 1. The highest BCUT2D eigenvalue weighted by molar-refractivity contribution is 5.93. The van der Waals surface area contributed by atoms with Crippen molar-refractivity contribution in [3.05, 3.63) is 53.5 Å². The summed E-state index contributed by atoms with van der Waals surface area (Å²) < 4.78 is 37.0. The van der Waals surface area contributed by atoms with Crippen LogP contribution in [0.3, 0.4) is 0 Å². The van der Waals surface area contributed by atoms with Crippen molar-refractivity contribution in [1.82, 2.24) is 4.90 Å². The van der Waals surface area contributed by atoms with Crippen molar-refractivity contribution in [2.75, 3.05) is 13.1 Å². The zero-order valence-electron chi connectivity index (χ0n) is 13.1. The summed E-state index contributed by atoms with van der Waals surface area (Å²) in [4.78, 5) is 24.6. The van der Waals surface area contributed by atoms with Crippen molar-refractivity contribution < 1.29 is 32.6 Å². The lowest BCUT2D eigenvalue weighted by molar-refractivity contribution is 0.0552. The van der Waals surface area contributed by atoms with E-state index < -0.39 is 23.5 Å². The number of benzene rings is 1. The van der Waals surface area contributed by atoms with E-state index in [1.54, 1.807) is 0 Å². The molecule has 0 saturated carbocycles. The monoisotopic (exact) mass is 351 g/mol. The second-order valence-electron chi connectivity index (χ2n) is 5.65. The second kappa shape index (κ2) is 6.92. The molecule has 6 nitrogen and oxygen atoms in total. The number of halogens is 2. The maximum Gasteiger partial charge on any atom is 0.371 e. The maximum atomic E-state index is 13.6. The van der Waals surface area contributed by atoms with Crippen molar-refractivity contribution >= 4 is 11.9 Å². The minimum absolute atomic E-state index is 0.0247. The number of piperidine rings is 1. The van der Waals surface area contributed by atoms with E-state index in [1.807, 2.05) is 0 Å². The molecule has 0 unspecified atom stereocenters. The molecule has 0 atom stereocenters. The predicted octanol–water partition coefficient (Wildman–Crippen LogP) is 2.94. The van der Waals surface area contributed by atoms with Gasteiger partial charge in [0.2, 0.25) is 5.76 Å². The Morgan fingerprint density at radius 2 is 1.80 bits per heavy atom.